The van der Waals surface area contributed by atoms with E-state index in [0.29, 0.717) is 29.1 Å². The second kappa shape index (κ2) is 7.53. The van der Waals surface area contributed by atoms with Crippen LogP contribution in [0.4, 0.5) is 18.9 Å². The SMILES string of the molecule is COCc1cc(Cl)ccc1NC(=O)[C@@H]1CCCC[C@H]1C(F)(F)F. The monoisotopic (exact) mass is 349 g/mol. The summed E-state index contributed by atoms with van der Waals surface area (Å²) in [5, 5.41) is 3.09. The van der Waals surface area contributed by atoms with E-state index in [-0.39, 0.29) is 19.4 Å². The molecule has 0 spiro atoms. The highest BCUT2D eigenvalue weighted by molar-refractivity contribution is 6.30. The van der Waals surface area contributed by atoms with Crippen LogP contribution in [-0.4, -0.2) is 19.2 Å². The minimum Gasteiger partial charge on any atom is -0.380 e. The Morgan fingerprint density at radius 3 is 2.70 bits per heavy atom. The minimum atomic E-state index is -4.35. The van der Waals surface area contributed by atoms with Crippen molar-refractivity contribution in [1.29, 1.82) is 0 Å². The molecule has 3 nitrogen and oxygen atoms in total. The summed E-state index contributed by atoms with van der Waals surface area (Å²) in [5.41, 5.74) is 1.07. The molecule has 1 saturated carbocycles. The number of hydrogen-bond donors (Lipinski definition) is 1. The number of methoxy groups -OCH3 is 1. The van der Waals surface area contributed by atoms with Gasteiger partial charge < -0.3 is 10.1 Å². The lowest BCUT2D eigenvalue weighted by Crippen LogP contribution is -2.39. The van der Waals surface area contributed by atoms with E-state index in [0.717, 1.165) is 0 Å². The van der Waals surface area contributed by atoms with Crippen LogP contribution in [0, 0.1) is 11.8 Å². The first-order valence-electron chi connectivity index (χ1n) is 7.48. The van der Waals surface area contributed by atoms with Gasteiger partial charge in [-0.3, -0.25) is 4.79 Å². The fourth-order valence-electron chi connectivity index (χ4n) is 3.02. The molecule has 2 rings (SSSR count). The summed E-state index contributed by atoms with van der Waals surface area (Å²) >= 11 is 5.90. The lowest BCUT2D eigenvalue weighted by Gasteiger charge is -2.32. The van der Waals surface area contributed by atoms with Crippen molar-refractivity contribution in [2.24, 2.45) is 11.8 Å². The van der Waals surface area contributed by atoms with Crippen LogP contribution >= 0.6 is 11.6 Å². The van der Waals surface area contributed by atoms with Crippen molar-refractivity contribution in [2.75, 3.05) is 12.4 Å². The van der Waals surface area contributed by atoms with E-state index in [4.69, 9.17) is 16.3 Å². The summed E-state index contributed by atoms with van der Waals surface area (Å²) in [6.45, 7) is 0.212. The first kappa shape index (κ1) is 18.1. The molecule has 7 heteroatoms. The van der Waals surface area contributed by atoms with E-state index in [1.165, 1.54) is 7.11 Å². The topological polar surface area (TPSA) is 38.3 Å². The number of anilines is 1. The van der Waals surface area contributed by atoms with Crippen LogP contribution < -0.4 is 5.32 Å². The van der Waals surface area contributed by atoms with Gasteiger partial charge >= 0.3 is 6.18 Å². The molecule has 1 aliphatic carbocycles. The van der Waals surface area contributed by atoms with Crippen LogP contribution in [0.1, 0.15) is 31.2 Å². The zero-order valence-corrected chi connectivity index (χ0v) is 13.5. The average molecular weight is 350 g/mol. The fraction of sp³-hybridized carbons (Fsp3) is 0.562. The molecule has 1 aliphatic rings. The van der Waals surface area contributed by atoms with E-state index in [1.54, 1.807) is 18.2 Å². The molecule has 1 N–H and O–H groups in total. The first-order chi connectivity index (χ1) is 10.8. The number of alkyl halides is 3. The normalized spacial score (nSPS) is 22.0. The van der Waals surface area contributed by atoms with Crippen LogP contribution in [-0.2, 0) is 16.1 Å². The number of carbonyl (C=O) groups excluding carboxylic acids is 1. The molecule has 1 fully saturated rings. The Hall–Kier alpha value is -1.27. The van der Waals surface area contributed by atoms with Gasteiger partial charge in [-0.2, -0.15) is 13.2 Å². The molecular weight excluding hydrogens is 331 g/mol. The Labute approximate surface area is 138 Å². The van der Waals surface area contributed by atoms with Gasteiger partial charge in [-0.05, 0) is 31.0 Å². The van der Waals surface area contributed by atoms with E-state index in [9.17, 15) is 18.0 Å². The van der Waals surface area contributed by atoms with Crippen LogP contribution in [0.2, 0.25) is 5.02 Å². The smallest absolute Gasteiger partial charge is 0.380 e. The summed E-state index contributed by atoms with van der Waals surface area (Å²) in [6, 6.07) is 4.79. The molecule has 128 valence electrons. The summed E-state index contributed by atoms with van der Waals surface area (Å²) in [5.74, 6) is -3.21. The van der Waals surface area contributed by atoms with Gasteiger partial charge in [0.2, 0.25) is 5.91 Å². The summed E-state index contributed by atoms with van der Waals surface area (Å²) in [7, 11) is 1.49. The van der Waals surface area contributed by atoms with E-state index < -0.39 is 23.9 Å². The Bertz CT molecular complexity index is 563. The largest absolute Gasteiger partial charge is 0.392 e. The second-order valence-corrected chi connectivity index (χ2v) is 6.20. The van der Waals surface area contributed by atoms with Gasteiger partial charge in [0.15, 0.2) is 0 Å². The predicted molar refractivity (Wildman–Crippen MR) is 82.3 cm³/mol. The molecule has 0 unspecified atom stereocenters. The number of rotatable bonds is 4. The number of nitrogens with one attached hydrogen (secondary N) is 1. The second-order valence-electron chi connectivity index (χ2n) is 5.76. The van der Waals surface area contributed by atoms with Crippen molar-refractivity contribution in [3.63, 3.8) is 0 Å². The Morgan fingerprint density at radius 1 is 1.35 bits per heavy atom. The number of amides is 1. The highest BCUT2D eigenvalue weighted by Gasteiger charge is 2.48. The van der Waals surface area contributed by atoms with Gasteiger partial charge in [-0.1, -0.05) is 24.4 Å². The summed E-state index contributed by atoms with van der Waals surface area (Å²) in [4.78, 5) is 12.4. The van der Waals surface area contributed by atoms with Gasteiger partial charge in [0.05, 0.1) is 12.5 Å². The number of benzene rings is 1. The predicted octanol–water partition coefficient (Wildman–Crippen LogP) is 4.79. The number of halogens is 4. The minimum absolute atomic E-state index is 0.00708. The Morgan fingerprint density at radius 2 is 2.04 bits per heavy atom. The van der Waals surface area contributed by atoms with E-state index >= 15 is 0 Å². The quantitative estimate of drug-likeness (QED) is 0.848. The van der Waals surface area contributed by atoms with Crippen molar-refractivity contribution in [3.05, 3.63) is 28.8 Å². The Kier molecular flexibility index (Phi) is 5.92. The van der Waals surface area contributed by atoms with Crippen LogP contribution in [0.25, 0.3) is 0 Å². The fourth-order valence-corrected chi connectivity index (χ4v) is 3.22. The molecule has 1 aromatic rings. The highest BCUT2D eigenvalue weighted by atomic mass is 35.5. The van der Waals surface area contributed by atoms with Gasteiger partial charge in [0.1, 0.15) is 0 Å². The van der Waals surface area contributed by atoms with Crippen molar-refractivity contribution in [1.82, 2.24) is 0 Å². The first-order valence-corrected chi connectivity index (χ1v) is 7.85. The third-order valence-corrected chi connectivity index (χ3v) is 4.38. The maximum atomic E-state index is 13.1. The van der Waals surface area contributed by atoms with Crippen molar-refractivity contribution in [3.8, 4) is 0 Å². The molecule has 0 bridgehead atoms. The third kappa shape index (κ3) is 4.61. The molecular formula is C16H19ClF3NO2. The van der Waals surface area contributed by atoms with E-state index in [2.05, 4.69) is 5.32 Å². The zero-order valence-electron chi connectivity index (χ0n) is 12.8. The maximum Gasteiger partial charge on any atom is 0.392 e. The van der Waals surface area contributed by atoms with E-state index in [1.807, 2.05) is 0 Å². The molecule has 0 aromatic heterocycles. The van der Waals surface area contributed by atoms with Gasteiger partial charge in [0, 0.05) is 29.3 Å². The number of carbonyl (C=O) groups is 1. The van der Waals surface area contributed by atoms with Crippen LogP contribution in [0.5, 0.6) is 0 Å². The Balaban J connectivity index is 2.17. The number of hydrogen-bond acceptors (Lipinski definition) is 2. The van der Waals surface area contributed by atoms with Crippen molar-refractivity contribution < 1.29 is 22.7 Å². The third-order valence-electron chi connectivity index (χ3n) is 4.15. The van der Waals surface area contributed by atoms with Gasteiger partial charge in [0.25, 0.3) is 0 Å². The molecule has 23 heavy (non-hydrogen) atoms. The van der Waals surface area contributed by atoms with Crippen LogP contribution in [0.15, 0.2) is 18.2 Å². The van der Waals surface area contributed by atoms with Gasteiger partial charge in [-0.15, -0.1) is 0 Å². The average Bonchev–Trinajstić information content (AvgIpc) is 2.49. The lowest BCUT2D eigenvalue weighted by molar-refractivity contribution is -0.197. The zero-order chi connectivity index (χ0) is 17.0. The highest BCUT2D eigenvalue weighted by Crippen LogP contribution is 2.42. The molecule has 0 heterocycles. The lowest BCUT2D eigenvalue weighted by atomic mass is 9.78. The summed E-state index contributed by atoms with van der Waals surface area (Å²) in [6.07, 6.45) is -2.95. The van der Waals surface area contributed by atoms with Crippen molar-refractivity contribution in [2.45, 2.75) is 38.5 Å². The molecule has 2 atom stereocenters. The maximum absolute atomic E-state index is 13.1. The molecule has 0 saturated heterocycles. The molecule has 0 aliphatic heterocycles. The van der Waals surface area contributed by atoms with Gasteiger partial charge in [-0.25, -0.2) is 0 Å². The summed E-state index contributed by atoms with van der Waals surface area (Å²) < 4.78 is 44.4. The molecule has 1 aromatic carbocycles. The molecule has 1 amide bonds. The standard InChI is InChI=1S/C16H19ClF3NO2/c1-23-9-10-8-11(17)6-7-14(10)21-15(22)12-4-2-3-5-13(12)16(18,19)20/h6-8,12-13H,2-5,9H2,1H3,(H,21,22)/t12-,13-/m1/s1. The molecule has 0 radical (unpaired) electrons. The van der Waals surface area contributed by atoms with Crippen LogP contribution in [0.3, 0.4) is 0 Å². The number of ether oxygens (including phenoxy) is 1. The van der Waals surface area contributed by atoms with Crippen molar-refractivity contribution >= 4 is 23.2 Å².